The average molecular weight is 456 g/mol. The minimum Gasteiger partial charge on any atom is -0.497 e. The second-order valence-corrected chi connectivity index (χ2v) is 8.52. The molecule has 1 heterocycles. The molecule has 2 aromatic carbocycles. The van der Waals surface area contributed by atoms with Crippen molar-refractivity contribution in [3.63, 3.8) is 0 Å². The Morgan fingerprint density at radius 1 is 1.10 bits per heavy atom. The summed E-state index contributed by atoms with van der Waals surface area (Å²) in [4.78, 5) is 14.7. The van der Waals surface area contributed by atoms with Crippen LogP contribution in [0.15, 0.2) is 60.0 Å². The molecule has 1 amide bonds. The van der Waals surface area contributed by atoms with Gasteiger partial charge in [0.25, 0.3) is 5.91 Å². The molecule has 162 valence electrons. The molecule has 0 radical (unpaired) electrons. The summed E-state index contributed by atoms with van der Waals surface area (Å²) in [7, 11) is 1.60. The lowest BCUT2D eigenvalue weighted by Gasteiger charge is -2.12. The van der Waals surface area contributed by atoms with Gasteiger partial charge in [-0.2, -0.15) is 0 Å². The van der Waals surface area contributed by atoms with E-state index < -0.39 is 0 Å². The molecule has 7 heteroatoms. The van der Waals surface area contributed by atoms with E-state index in [1.54, 1.807) is 19.3 Å². The van der Waals surface area contributed by atoms with Crippen LogP contribution in [0.2, 0.25) is 0 Å². The summed E-state index contributed by atoms with van der Waals surface area (Å²) in [5.41, 5.74) is 1.96. The van der Waals surface area contributed by atoms with Crippen molar-refractivity contribution >= 4 is 40.3 Å². The number of rotatable bonds is 10. The standard InChI is InChI=1S/C24H25NO4S2/c1-4-12-25-23(26)22(31-24(25)30)16-18-15-20(27-3)10-11-21(18)29-14-5-13-28-19-8-6-17(2)7-9-19/h4,6-11,15-16H,1,5,12-14H2,2-3H3/b22-16-. The van der Waals surface area contributed by atoms with Gasteiger partial charge < -0.3 is 14.2 Å². The van der Waals surface area contributed by atoms with E-state index in [9.17, 15) is 4.79 Å². The molecule has 0 bridgehead atoms. The minimum atomic E-state index is -0.129. The normalized spacial score (nSPS) is 14.8. The molecule has 1 fully saturated rings. The molecule has 1 saturated heterocycles. The first-order valence-corrected chi connectivity index (χ1v) is 11.1. The van der Waals surface area contributed by atoms with E-state index in [1.807, 2.05) is 49.4 Å². The Morgan fingerprint density at radius 2 is 1.81 bits per heavy atom. The summed E-state index contributed by atoms with van der Waals surface area (Å²) in [5.74, 6) is 2.07. The van der Waals surface area contributed by atoms with Gasteiger partial charge in [0.15, 0.2) is 0 Å². The van der Waals surface area contributed by atoms with E-state index in [0.29, 0.717) is 40.5 Å². The molecule has 0 atom stereocenters. The zero-order valence-corrected chi connectivity index (χ0v) is 19.3. The zero-order chi connectivity index (χ0) is 22.2. The third-order valence-electron chi connectivity index (χ3n) is 4.52. The van der Waals surface area contributed by atoms with E-state index in [1.165, 1.54) is 22.2 Å². The number of nitrogens with zero attached hydrogens (tertiary/aromatic N) is 1. The van der Waals surface area contributed by atoms with Gasteiger partial charge in [-0.25, -0.2) is 0 Å². The number of hydrogen-bond donors (Lipinski definition) is 0. The van der Waals surface area contributed by atoms with Crippen LogP contribution in [-0.4, -0.2) is 42.0 Å². The van der Waals surface area contributed by atoms with Crippen molar-refractivity contribution in [3.8, 4) is 17.2 Å². The number of methoxy groups -OCH3 is 1. The Bertz CT molecular complexity index is 986. The number of thiocarbonyl (C=S) groups is 1. The topological polar surface area (TPSA) is 48.0 Å². The fraction of sp³-hybridized carbons (Fsp3) is 0.250. The van der Waals surface area contributed by atoms with E-state index in [0.717, 1.165) is 17.7 Å². The van der Waals surface area contributed by atoms with Gasteiger partial charge in [0, 0.05) is 18.5 Å². The summed E-state index contributed by atoms with van der Waals surface area (Å²) in [5, 5.41) is 0. The molecular weight excluding hydrogens is 430 g/mol. The Labute approximate surface area is 192 Å². The third-order valence-corrected chi connectivity index (χ3v) is 5.90. The summed E-state index contributed by atoms with van der Waals surface area (Å²) >= 11 is 6.59. The number of hydrogen-bond acceptors (Lipinski definition) is 6. The molecule has 0 saturated carbocycles. The molecule has 1 aliphatic heterocycles. The van der Waals surface area contributed by atoms with Crippen molar-refractivity contribution < 1.29 is 19.0 Å². The van der Waals surface area contributed by atoms with Crippen LogP contribution in [0.4, 0.5) is 0 Å². The van der Waals surface area contributed by atoms with E-state index in [2.05, 4.69) is 6.58 Å². The van der Waals surface area contributed by atoms with Crippen LogP contribution in [0.1, 0.15) is 17.5 Å². The van der Waals surface area contributed by atoms with Crippen molar-refractivity contribution in [1.82, 2.24) is 4.90 Å². The van der Waals surface area contributed by atoms with Crippen LogP contribution in [0.3, 0.4) is 0 Å². The van der Waals surface area contributed by atoms with Gasteiger partial charge in [0.1, 0.15) is 21.6 Å². The first-order chi connectivity index (χ1) is 15.0. The van der Waals surface area contributed by atoms with Crippen molar-refractivity contribution in [2.45, 2.75) is 13.3 Å². The Kier molecular flexibility index (Phi) is 8.14. The highest BCUT2D eigenvalue weighted by Gasteiger charge is 2.31. The Morgan fingerprint density at radius 3 is 2.52 bits per heavy atom. The van der Waals surface area contributed by atoms with Crippen LogP contribution in [0.25, 0.3) is 6.08 Å². The first-order valence-electron chi connectivity index (χ1n) is 9.88. The molecule has 2 aromatic rings. The van der Waals surface area contributed by atoms with Crippen LogP contribution in [0, 0.1) is 6.92 Å². The van der Waals surface area contributed by atoms with Gasteiger partial charge in [-0.3, -0.25) is 9.69 Å². The molecule has 0 unspecified atom stereocenters. The van der Waals surface area contributed by atoms with Crippen molar-refractivity contribution in [2.75, 3.05) is 26.9 Å². The number of amides is 1. The lowest BCUT2D eigenvalue weighted by molar-refractivity contribution is -0.121. The summed E-state index contributed by atoms with van der Waals surface area (Å²) < 4.78 is 17.6. The first kappa shape index (κ1) is 22.9. The lowest BCUT2D eigenvalue weighted by atomic mass is 10.1. The lowest BCUT2D eigenvalue weighted by Crippen LogP contribution is -2.27. The maximum atomic E-state index is 12.6. The zero-order valence-electron chi connectivity index (χ0n) is 17.6. The predicted octanol–water partition coefficient (Wildman–Crippen LogP) is 5.24. The van der Waals surface area contributed by atoms with E-state index in [4.69, 9.17) is 26.4 Å². The highest BCUT2D eigenvalue weighted by molar-refractivity contribution is 8.26. The molecule has 0 aliphatic carbocycles. The summed E-state index contributed by atoms with van der Waals surface area (Å²) in [6.07, 6.45) is 4.18. The number of benzene rings is 2. The maximum Gasteiger partial charge on any atom is 0.266 e. The number of carbonyl (C=O) groups is 1. The van der Waals surface area contributed by atoms with Gasteiger partial charge in [-0.05, 0) is 43.3 Å². The second kappa shape index (κ2) is 11.0. The smallest absolute Gasteiger partial charge is 0.266 e. The monoisotopic (exact) mass is 455 g/mol. The van der Waals surface area contributed by atoms with E-state index in [-0.39, 0.29) is 5.91 Å². The largest absolute Gasteiger partial charge is 0.497 e. The number of aryl methyl sites for hydroxylation is 1. The van der Waals surface area contributed by atoms with Crippen LogP contribution < -0.4 is 14.2 Å². The molecule has 0 N–H and O–H groups in total. The second-order valence-electron chi connectivity index (χ2n) is 6.85. The molecule has 1 aliphatic rings. The Hall–Kier alpha value is -2.77. The fourth-order valence-corrected chi connectivity index (χ4v) is 4.16. The van der Waals surface area contributed by atoms with Crippen LogP contribution in [-0.2, 0) is 4.79 Å². The molecule has 31 heavy (non-hydrogen) atoms. The average Bonchev–Trinajstić information content (AvgIpc) is 3.03. The number of ether oxygens (including phenoxy) is 3. The van der Waals surface area contributed by atoms with Gasteiger partial charge in [0.05, 0.1) is 25.2 Å². The highest BCUT2D eigenvalue weighted by atomic mass is 32.2. The molecule has 0 spiro atoms. The predicted molar refractivity (Wildman–Crippen MR) is 130 cm³/mol. The quantitative estimate of drug-likeness (QED) is 0.211. The minimum absolute atomic E-state index is 0.129. The van der Waals surface area contributed by atoms with Crippen LogP contribution in [0.5, 0.6) is 17.2 Å². The summed E-state index contributed by atoms with van der Waals surface area (Å²) in [6, 6.07) is 13.5. The van der Waals surface area contributed by atoms with Gasteiger partial charge in [0.2, 0.25) is 0 Å². The van der Waals surface area contributed by atoms with Gasteiger partial charge in [-0.1, -0.05) is 47.8 Å². The number of thioether (sulfide) groups is 1. The third kappa shape index (κ3) is 6.12. The SMILES string of the molecule is C=CCN1C(=O)/C(=C/c2cc(OC)ccc2OCCCOc2ccc(C)cc2)SC1=S. The van der Waals surface area contributed by atoms with Crippen molar-refractivity contribution in [2.24, 2.45) is 0 Å². The summed E-state index contributed by atoms with van der Waals surface area (Å²) in [6.45, 7) is 7.15. The Balaban J connectivity index is 1.64. The maximum absolute atomic E-state index is 12.6. The van der Waals surface area contributed by atoms with Crippen LogP contribution >= 0.6 is 24.0 Å². The highest BCUT2D eigenvalue weighted by Crippen LogP contribution is 2.35. The van der Waals surface area contributed by atoms with Crippen molar-refractivity contribution in [1.29, 1.82) is 0 Å². The van der Waals surface area contributed by atoms with Crippen molar-refractivity contribution in [3.05, 3.63) is 71.2 Å². The fourth-order valence-electron chi connectivity index (χ4n) is 2.89. The molecule has 5 nitrogen and oxygen atoms in total. The number of carbonyl (C=O) groups excluding carboxylic acids is 1. The van der Waals surface area contributed by atoms with Gasteiger partial charge in [-0.15, -0.1) is 6.58 Å². The van der Waals surface area contributed by atoms with E-state index >= 15 is 0 Å². The molecule has 3 rings (SSSR count). The van der Waals surface area contributed by atoms with Gasteiger partial charge >= 0.3 is 0 Å². The molecular formula is C24H25NO4S2. The molecule has 0 aromatic heterocycles.